The molecule has 1 heterocycles. The van der Waals surface area contributed by atoms with Gasteiger partial charge < -0.3 is 9.80 Å². The molecule has 0 bridgehead atoms. The summed E-state index contributed by atoms with van der Waals surface area (Å²) in [4.78, 5) is 32.6. The highest BCUT2D eigenvalue weighted by Crippen LogP contribution is 2.26. The number of hydrogen-bond donors (Lipinski definition) is 0. The van der Waals surface area contributed by atoms with Crippen LogP contribution in [0.5, 0.6) is 0 Å². The van der Waals surface area contributed by atoms with Crippen LogP contribution < -0.4 is 0 Å². The second-order valence-corrected chi connectivity index (χ2v) is 6.56. The van der Waals surface area contributed by atoms with Gasteiger partial charge in [-0.05, 0) is 17.9 Å². The fourth-order valence-corrected chi connectivity index (χ4v) is 2.25. The molecular weight excluding hydrogens is 278 g/mol. The van der Waals surface area contributed by atoms with Crippen molar-refractivity contribution in [3.05, 3.63) is 28.6 Å². The van der Waals surface area contributed by atoms with Gasteiger partial charge in [-0.3, -0.25) is 14.6 Å². The summed E-state index contributed by atoms with van der Waals surface area (Å²) in [6.45, 7) is 8.03. The van der Waals surface area contributed by atoms with Gasteiger partial charge in [0.1, 0.15) is 0 Å². The monoisotopic (exact) mass is 305 g/mol. The SMILES string of the molecule is CC(C)c1nc(C(C)C)c(C(=O)N(C)C)cc1C(=O)N(C)C. The molecule has 0 aromatic carbocycles. The third kappa shape index (κ3) is 3.64. The number of hydrogen-bond acceptors (Lipinski definition) is 3. The Kier molecular flexibility index (Phi) is 5.69. The Bertz CT molecular complexity index is 528. The second-order valence-electron chi connectivity index (χ2n) is 6.56. The van der Waals surface area contributed by atoms with Gasteiger partial charge in [0.15, 0.2) is 0 Å². The van der Waals surface area contributed by atoms with Crippen molar-refractivity contribution in [2.75, 3.05) is 28.2 Å². The first-order chi connectivity index (χ1) is 10.1. The van der Waals surface area contributed by atoms with E-state index >= 15 is 0 Å². The Hall–Kier alpha value is -1.91. The average molecular weight is 305 g/mol. The van der Waals surface area contributed by atoms with Crippen molar-refractivity contribution in [1.82, 2.24) is 14.8 Å². The van der Waals surface area contributed by atoms with E-state index in [4.69, 9.17) is 0 Å². The van der Waals surface area contributed by atoms with Crippen molar-refractivity contribution in [2.45, 2.75) is 39.5 Å². The zero-order valence-electron chi connectivity index (χ0n) is 14.9. The van der Waals surface area contributed by atoms with Crippen molar-refractivity contribution in [3.8, 4) is 0 Å². The molecule has 22 heavy (non-hydrogen) atoms. The molecule has 0 spiro atoms. The minimum Gasteiger partial charge on any atom is -0.345 e. The minimum absolute atomic E-state index is 0.111. The van der Waals surface area contributed by atoms with E-state index in [2.05, 4.69) is 4.98 Å². The van der Waals surface area contributed by atoms with E-state index in [9.17, 15) is 9.59 Å². The number of pyridine rings is 1. The lowest BCUT2D eigenvalue weighted by Gasteiger charge is -2.21. The summed E-state index contributed by atoms with van der Waals surface area (Å²) in [6.07, 6.45) is 0. The van der Waals surface area contributed by atoms with Gasteiger partial charge in [0.2, 0.25) is 0 Å². The van der Waals surface area contributed by atoms with Gasteiger partial charge in [-0.1, -0.05) is 27.7 Å². The van der Waals surface area contributed by atoms with Crippen LogP contribution in [0.2, 0.25) is 0 Å². The van der Waals surface area contributed by atoms with E-state index in [1.54, 1.807) is 34.3 Å². The van der Waals surface area contributed by atoms with Gasteiger partial charge in [0, 0.05) is 28.2 Å². The Labute approximate surface area is 133 Å². The highest BCUT2D eigenvalue weighted by molar-refractivity contribution is 6.00. The van der Waals surface area contributed by atoms with Gasteiger partial charge in [-0.2, -0.15) is 0 Å². The summed E-state index contributed by atoms with van der Waals surface area (Å²) >= 11 is 0. The predicted octanol–water partition coefficient (Wildman–Crippen LogP) is 2.73. The molecule has 0 atom stereocenters. The molecule has 0 radical (unpaired) electrons. The molecule has 0 saturated carbocycles. The molecule has 1 aromatic rings. The Morgan fingerprint density at radius 1 is 0.818 bits per heavy atom. The normalized spacial score (nSPS) is 11.0. The first kappa shape index (κ1) is 18.1. The van der Waals surface area contributed by atoms with Crippen LogP contribution in [0.15, 0.2) is 6.07 Å². The summed E-state index contributed by atoms with van der Waals surface area (Å²) < 4.78 is 0. The first-order valence-electron chi connectivity index (χ1n) is 7.56. The van der Waals surface area contributed by atoms with Crippen LogP contribution in [0.25, 0.3) is 0 Å². The second kappa shape index (κ2) is 6.90. The van der Waals surface area contributed by atoms with Crippen LogP contribution in [-0.4, -0.2) is 54.8 Å². The third-order valence-electron chi connectivity index (χ3n) is 3.45. The zero-order valence-corrected chi connectivity index (χ0v) is 14.9. The molecule has 1 aromatic heterocycles. The molecule has 0 N–H and O–H groups in total. The summed E-state index contributed by atoms with van der Waals surface area (Å²) in [5.41, 5.74) is 2.51. The highest BCUT2D eigenvalue weighted by Gasteiger charge is 2.25. The molecule has 1 rings (SSSR count). The average Bonchev–Trinajstić information content (AvgIpc) is 2.43. The van der Waals surface area contributed by atoms with Crippen molar-refractivity contribution < 1.29 is 9.59 Å². The Morgan fingerprint density at radius 3 is 1.36 bits per heavy atom. The Morgan fingerprint density at radius 2 is 1.14 bits per heavy atom. The topological polar surface area (TPSA) is 53.5 Å². The maximum atomic E-state index is 12.5. The van der Waals surface area contributed by atoms with Crippen LogP contribution in [0, 0.1) is 0 Å². The number of amides is 2. The van der Waals surface area contributed by atoms with E-state index in [0.717, 1.165) is 11.4 Å². The number of carbonyl (C=O) groups excluding carboxylic acids is 2. The van der Waals surface area contributed by atoms with E-state index in [1.807, 2.05) is 27.7 Å². The van der Waals surface area contributed by atoms with Gasteiger partial charge in [-0.25, -0.2) is 0 Å². The van der Waals surface area contributed by atoms with Crippen LogP contribution in [0.1, 0.15) is 71.6 Å². The lowest BCUT2D eigenvalue weighted by Crippen LogP contribution is -2.28. The van der Waals surface area contributed by atoms with Crippen molar-refractivity contribution in [2.24, 2.45) is 0 Å². The minimum atomic E-state index is -0.126. The number of nitrogens with zero attached hydrogens (tertiary/aromatic N) is 3. The van der Waals surface area contributed by atoms with Crippen LogP contribution in [0.3, 0.4) is 0 Å². The molecule has 0 fully saturated rings. The summed E-state index contributed by atoms with van der Waals surface area (Å²) in [6, 6.07) is 1.71. The molecule has 0 aliphatic rings. The van der Waals surface area contributed by atoms with E-state index in [-0.39, 0.29) is 23.7 Å². The maximum Gasteiger partial charge on any atom is 0.255 e. The molecule has 122 valence electrons. The number of rotatable bonds is 4. The van der Waals surface area contributed by atoms with Crippen molar-refractivity contribution in [3.63, 3.8) is 0 Å². The Balaban J connectivity index is 3.66. The fraction of sp³-hybridized carbons (Fsp3) is 0.588. The molecule has 0 aliphatic heterocycles. The van der Waals surface area contributed by atoms with Gasteiger partial charge in [0.25, 0.3) is 11.8 Å². The molecular formula is C17H27N3O2. The number of carbonyl (C=O) groups is 2. The molecule has 0 aliphatic carbocycles. The molecule has 5 heteroatoms. The summed E-state index contributed by atoms with van der Waals surface area (Å²) in [5, 5.41) is 0. The summed E-state index contributed by atoms with van der Waals surface area (Å²) in [7, 11) is 6.82. The molecule has 0 unspecified atom stereocenters. The van der Waals surface area contributed by atoms with Crippen molar-refractivity contribution >= 4 is 11.8 Å². The van der Waals surface area contributed by atoms with Gasteiger partial charge in [0.05, 0.1) is 22.5 Å². The lowest BCUT2D eigenvalue weighted by atomic mass is 9.95. The van der Waals surface area contributed by atoms with Crippen LogP contribution >= 0.6 is 0 Å². The van der Waals surface area contributed by atoms with E-state index in [1.165, 1.54) is 9.80 Å². The van der Waals surface area contributed by atoms with E-state index in [0.29, 0.717) is 11.1 Å². The van der Waals surface area contributed by atoms with Crippen LogP contribution in [0.4, 0.5) is 0 Å². The van der Waals surface area contributed by atoms with Gasteiger partial charge in [-0.15, -0.1) is 0 Å². The number of aromatic nitrogens is 1. The highest BCUT2D eigenvalue weighted by atomic mass is 16.2. The lowest BCUT2D eigenvalue weighted by molar-refractivity contribution is 0.0823. The zero-order chi connectivity index (χ0) is 17.2. The van der Waals surface area contributed by atoms with E-state index < -0.39 is 0 Å². The summed E-state index contributed by atoms with van der Waals surface area (Å²) in [5.74, 6) is -0.0292. The predicted molar refractivity (Wildman–Crippen MR) is 88.5 cm³/mol. The van der Waals surface area contributed by atoms with Gasteiger partial charge >= 0.3 is 0 Å². The fourth-order valence-electron chi connectivity index (χ4n) is 2.25. The quantitative estimate of drug-likeness (QED) is 0.859. The molecule has 0 saturated heterocycles. The maximum absolute atomic E-state index is 12.5. The first-order valence-corrected chi connectivity index (χ1v) is 7.56. The smallest absolute Gasteiger partial charge is 0.255 e. The largest absolute Gasteiger partial charge is 0.345 e. The molecule has 5 nitrogen and oxygen atoms in total. The van der Waals surface area contributed by atoms with Crippen molar-refractivity contribution in [1.29, 1.82) is 0 Å². The standard InChI is InChI=1S/C17H27N3O2/c1-10(2)14-12(16(21)19(5)6)9-13(17(22)20(7)8)15(18-14)11(3)4/h9-11H,1-8H3. The molecule has 2 amide bonds. The van der Waals surface area contributed by atoms with Crippen LogP contribution in [-0.2, 0) is 0 Å². The third-order valence-corrected chi connectivity index (χ3v) is 3.45.